The minimum absolute atomic E-state index is 0.0801. The molecule has 0 saturated carbocycles. The minimum Gasteiger partial charge on any atom is -0.453 e. The lowest BCUT2D eigenvalue weighted by Gasteiger charge is -2.42. The highest BCUT2D eigenvalue weighted by Gasteiger charge is 2.44. The van der Waals surface area contributed by atoms with E-state index in [0.29, 0.717) is 0 Å². The van der Waals surface area contributed by atoms with Crippen molar-refractivity contribution in [2.24, 2.45) is 0 Å². The Morgan fingerprint density at radius 1 is 0.403 bits per heavy atom. The number of nitrogens with zero attached hydrogens (tertiary/aromatic N) is 4. The number of hydrogen-bond donors (Lipinski definition) is 0. The maximum Gasteiger partial charge on any atom is 0.247 e. The zero-order chi connectivity index (χ0) is 40.5. The summed E-state index contributed by atoms with van der Waals surface area (Å²) in [6.45, 7) is -0.184. The van der Waals surface area contributed by atoms with Gasteiger partial charge in [-0.2, -0.15) is 0 Å². The van der Waals surface area contributed by atoms with Crippen molar-refractivity contribution >= 4 is 91.1 Å². The normalized spacial score (nSPS) is 13.2. The van der Waals surface area contributed by atoms with Gasteiger partial charge in [-0.3, -0.25) is 8.97 Å². The molecule has 0 bridgehead atoms. The average Bonchev–Trinajstić information content (AvgIpc) is 3.88. The van der Waals surface area contributed by atoms with Crippen LogP contribution in [0.3, 0.4) is 0 Å². The molecule has 5 nitrogen and oxygen atoms in total. The fourth-order valence-corrected chi connectivity index (χ4v) is 11.0. The lowest BCUT2D eigenvalue weighted by molar-refractivity contribution is 0.477. The standard InChI is InChI=1S/C55H34B2N4O/c1-3-17-35(18-4-1)37-21-7-9-23-39(37)56-41-25-15-30-48-53(41)61(55-58-45-27-11-12-28-46(45)60(48)55)50-34-49-43(33-44(50)56)57(40-24-10-8-22-38(40)36-19-5-2-6-20-36)42-26-16-32-52-54(42)59(49)47-29-13-14-31-51(47)62-52/h1-34H. The number of aromatic nitrogens is 3. The Morgan fingerprint density at radius 3 is 1.74 bits per heavy atom. The molecule has 286 valence electrons. The Labute approximate surface area is 358 Å². The highest BCUT2D eigenvalue weighted by molar-refractivity contribution is 7.01. The molecular formula is C55H34B2N4O. The van der Waals surface area contributed by atoms with Crippen molar-refractivity contribution in [3.8, 4) is 39.4 Å². The number of hydrogen-bond acceptors (Lipinski definition) is 3. The van der Waals surface area contributed by atoms with Crippen molar-refractivity contribution in [3.05, 3.63) is 206 Å². The molecule has 0 amide bonds. The molecule has 3 aliphatic rings. The smallest absolute Gasteiger partial charge is 0.247 e. The van der Waals surface area contributed by atoms with Crippen LogP contribution in [0.2, 0.25) is 0 Å². The first-order valence-electron chi connectivity index (χ1n) is 21.4. The number of rotatable bonds is 4. The summed E-state index contributed by atoms with van der Waals surface area (Å²) in [5.41, 5.74) is 21.2. The molecule has 0 N–H and O–H groups in total. The number of fused-ring (bicyclic) bond motifs is 11. The molecule has 0 unspecified atom stereocenters. The number of para-hydroxylation sites is 6. The lowest BCUT2D eigenvalue weighted by Crippen LogP contribution is -2.62. The van der Waals surface area contributed by atoms with E-state index in [2.05, 4.69) is 220 Å². The van der Waals surface area contributed by atoms with Gasteiger partial charge in [0.15, 0.2) is 11.5 Å². The highest BCUT2D eigenvalue weighted by atomic mass is 16.5. The summed E-state index contributed by atoms with van der Waals surface area (Å²) < 4.78 is 11.6. The average molecular weight is 789 g/mol. The largest absolute Gasteiger partial charge is 0.453 e. The molecule has 14 rings (SSSR count). The van der Waals surface area contributed by atoms with Gasteiger partial charge in [0.2, 0.25) is 19.2 Å². The maximum absolute atomic E-state index is 6.79. The van der Waals surface area contributed by atoms with E-state index in [-0.39, 0.29) is 13.4 Å². The fraction of sp³-hybridized carbons (Fsp3) is 0. The first kappa shape index (κ1) is 33.8. The first-order chi connectivity index (χ1) is 30.8. The molecule has 0 aliphatic carbocycles. The van der Waals surface area contributed by atoms with Crippen molar-refractivity contribution < 1.29 is 4.74 Å². The van der Waals surface area contributed by atoms with Gasteiger partial charge in [0.05, 0.1) is 33.4 Å². The summed E-state index contributed by atoms with van der Waals surface area (Å²) in [4.78, 5) is 7.87. The number of anilines is 3. The molecule has 3 aliphatic heterocycles. The molecule has 9 aromatic carbocycles. The Bertz CT molecular complexity index is 3650. The summed E-state index contributed by atoms with van der Waals surface area (Å²) >= 11 is 0. The summed E-state index contributed by atoms with van der Waals surface area (Å²) in [6, 6.07) is 75.1. The van der Waals surface area contributed by atoms with Crippen molar-refractivity contribution in [2.45, 2.75) is 0 Å². The van der Waals surface area contributed by atoms with Crippen molar-refractivity contribution in [1.82, 2.24) is 14.0 Å². The van der Waals surface area contributed by atoms with E-state index in [0.717, 1.165) is 56.6 Å². The van der Waals surface area contributed by atoms with Gasteiger partial charge in [0.1, 0.15) is 0 Å². The zero-order valence-electron chi connectivity index (χ0n) is 33.5. The van der Waals surface area contributed by atoms with Gasteiger partial charge in [-0.25, -0.2) is 4.98 Å². The van der Waals surface area contributed by atoms with Crippen molar-refractivity contribution in [3.63, 3.8) is 0 Å². The Kier molecular flexibility index (Phi) is 6.94. The third kappa shape index (κ3) is 4.57. The monoisotopic (exact) mass is 788 g/mol. The molecule has 11 aromatic rings. The van der Waals surface area contributed by atoms with Crippen LogP contribution in [0.1, 0.15) is 0 Å². The van der Waals surface area contributed by atoms with Crippen LogP contribution in [0.5, 0.6) is 11.5 Å². The first-order valence-corrected chi connectivity index (χ1v) is 21.4. The van der Waals surface area contributed by atoms with Gasteiger partial charge in [-0.1, -0.05) is 175 Å². The minimum atomic E-state index is -0.104. The van der Waals surface area contributed by atoms with Crippen LogP contribution < -0.4 is 42.4 Å². The molecule has 0 saturated heterocycles. The lowest BCUT2D eigenvalue weighted by atomic mass is 9.31. The van der Waals surface area contributed by atoms with Gasteiger partial charge in [-0.05, 0) is 86.6 Å². The molecule has 7 heteroatoms. The Balaban J connectivity index is 1.15. The van der Waals surface area contributed by atoms with E-state index >= 15 is 0 Å². The summed E-state index contributed by atoms with van der Waals surface area (Å²) in [6.07, 6.45) is 0. The maximum atomic E-state index is 6.79. The van der Waals surface area contributed by atoms with Crippen LogP contribution in [0.25, 0.3) is 55.8 Å². The third-order valence-corrected chi connectivity index (χ3v) is 13.4. The van der Waals surface area contributed by atoms with E-state index in [1.807, 2.05) is 0 Å². The molecule has 0 fully saturated rings. The van der Waals surface area contributed by atoms with Crippen molar-refractivity contribution in [2.75, 3.05) is 4.90 Å². The van der Waals surface area contributed by atoms with Crippen LogP contribution in [-0.2, 0) is 0 Å². The summed E-state index contributed by atoms with van der Waals surface area (Å²) in [5, 5.41) is 0. The van der Waals surface area contributed by atoms with E-state index in [9.17, 15) is 0 Å². The Morgan fingerprint density at radius 2 is 0.968 bits per heavy atom. The van der Waals surface area contributed by atoms with E-state index in [4.69, 9.17) is 9.72 Å². The molecule has 0 atom stereocenters. The second-order valence-electron chi connectivity index (χ2n) is 16.6. The van der Waals surface area contributed by atoms with E-state index in [1.165, 1.54) is 60.5 Å². The zero-order valence-corrected chi connectivity index (χ0v) is 33.5. The van der Waals surface area contributed by atoms with Gasteiger partial charge in [0.25, 0.3) is 0 Å². The number of ether oxygens (including phenoxy) is 1. The summed E-state index contributed by atoms with van der Waals surface area (Å²) in [7, 11) is 0. The molecule has 5 heterocycles. The van der Waals surface area contributed by atoms with Gasteiger partial charge < -0.3 is 9.64 Å². The third-order valence-electron chi connectivity index (χ3n) is 13.4. The predicted octanol–water partition coefficient (Wildman–Crippen LogP) is 9.00. The van der Waals surface area contributed by atoms with Crippen LogP contribution in [0, 0.1) is 0 Å². The van der Waals surface area contributed by atoms with Crippen LogP contribution in [-0.4, -0.2) is 27.4 Å². The SMILES string of the molecule is c1ccc(-c2ccccc2B2c3cc4c(cc3N3c5ccccc5Oc5cccc2c53)-n2c3c(cccc3n3c5ccccc5nc23)B4c2ccccc2-c2ccccc2)cc1. The van der Waals surface area contributed by atoms with Gasteiger partial charge in [-0.15, -0.1) is 0 Å². The van der Waals surface area contributed by atoms with E-state index < -0.39 is 0 Å². The van der Waals surface area contributed by atoms with Gasteiger partial charge >= 0.3 is 0 Å². The predicted molar refractivity (Wildman–Crippen MR) is 257 cm³/mol. The number of benzene rings is 9. The van der Waals surface area contributed by atoms with Crippen LogP contribution in [0.15, 0.2) is 206 Å². The van der Waals surface area contributed by atoms with Crippen LogP contribution >= 0.6 is 0 Å². The topological polar surface area (TPSA) is 34.7 Å². The number of imidazole rings is 2. The fourth-order valence-electron chi connectivity index (χ4n) is 11.0. The van der Waals surface area contributed by atoms with E-state index in [1.54, 1.807) is 0 Å². The molecule has 62 heavy (non-hydrogen) atoms. The second-order valence-corrected chi connectivity index (χ2v) is 16.6. The highest BCUT2D eigenvalue weighted by Crippen LogP contribution is 2.51. The van der Waals surface area contributed by atoms with Crippen molar-refractivity contribution in [1.29, 1.82) is 0 Å². The Hall–Kier alpha value is -8.02. The van der Waals surface area contributed by atoms with Crippen LogP contribution in [0.4, 0.5) is 17.1 Å². The molecular weight excluding hydrogens is 754 g/mol. The van der Waals surface area contributed by atoms with Gasteiger partial charge in [0, 0.05) is 11.4 Å². The molecule has 2 aromatic heterocycles. The summed E-state index contributed by atoms with van der Waals surface area (Å²) in [5.74, 6) is 2.61. The molecule has 0 spiro atoms. The second kappa shape index (κ2) is 12.7. The molecule has 0 radical (unpaired) electrons. The quantitative estimate of drug-likeness (QED) is 0.167.